The first-order valence-electron chi connectivity index (χ1n) is 7.56. The summed E-state index contributed by atoms with van der Waals surface area (Å²) in [5.41, 5.74) is 0.681. The molecule has 116 valence electrons. The van der Waals surface area contributed by atoms with Crippen LogP contribution in [0.5, 0.6) is 0 Å². The van der Waals surface area contributed by atoms with E-state index in [1.807, 2.05) is 6.92 Å². The normalized spacial score (nSPS) is 12.8. The molecule has 21 heavy (non-hydrogen) atoms. The van der Waals surface area contributed by atoms with Crippen molar-refractivity contribution >= 4 is 22.8 Å². The van der Waals surface area contributed by atoms with Crippen LogP contribution in [0.4, 0.5) is 11.8 Å². The topological polar surface area (TPSA) is 98.8 Å². The molecule has 0 bridgehead atoms. The van der Waals surface area contributed by atoms with Gasteiger partial charge in [0.05, 0.1) is 17.7 Å². The van der Waals surface area contributed by atoms with Crippen LogP contribution in [0.15, 0.2) is 6.20 Å². The van der Waals surface area contributed by atoms with Crippen LogP contribution in [-0.4, -0.2) is 44.5 Å². The molecule has 2 aromatic rings. The van der Waals surface area contributed by atoms with E-state index in [-0.39, 0.29) is 6.10 Å². The Hall–Kier alpha value is -1.89. The first-order valence-corrected chi connectivity index (χ1v) is 7.56. The van der Waals surface area contributed by atoms with Crippen molar-refractivity contribution in [3.63, 3.8) is 0 Å². The maximum Gasteiger partial charge on any atom is 0.226 e. The fourth-order valence-corrected chi connectivity index (χ4v) is 2.41. The molecule has 0 aliphatic carbocycles. The number of aromatic nitrogens is 4. The van der Waals surface area contributed by atoms with Crippen LogP contribution < -0.4 is 10.6 Å². The number of rotatable bonds is 8. The Morgan fingerprint density at radius 1 is 1.19 bits per heavy atom. The van der Waals surface area contributed by atoms with E-state index in [2.05, 4.69) is 44.6 Å². The highest BCUT2D eigenvalue weighted by Crippen LogP contribution is 2.21. The van der Waals surface area contributed by atoms with E-state index in [4.69, 9.17) is 0 Å². The molecule has 1 unspecified atom stereocenters. The Balaban J connectivity index is 2.15. The summed E-state index contributed by atoms with van der Waals surface area (Å²) in [6.07, 6.45) is 3.23. The van der Waals surface area contributed by atoms with Crippen molar-refractivity contribution in [2.24, 2.45) is 5.92 Å². The average molecular weight is 292 g/mol. The zero-order valence-corrected chi connectivity index (χ0v) is 12.8. The van der Waals surface area contributed by atoms with Crippen molar-refractivity contribution in [1.82, 2.24) is 20.2 Å². The molecule has 0 aliphatic heterocycles. The van der Waals surface area contributed by atoms with Gasteiger partial charge in [-0.3, -0.25) is 5.10 Å². The number of fused-ring (bicyclic) bond motifs is 1. The van der Waals surface area contributed by atoms with Gasteiger partial charge in [-0.05, 0) is 12.8 Å². The van der Waals surface area contributed by atoms with Crippen LogP contribution in [-0.2, 0) is 0 Å². The molecule has 0 amide bonds. The Labute approximate surface area is 124 Å². The first kappa shape index (κ1) is 15.5. The monoisotopic (exact) mass is 292 g/mol. The number of aromatic amines is 1. The van der Waals surface area contributed by atoms with Gasteiger partial charge in [0.15, 0.2) is 5.65 Å². The number of anilines is 2. The molecule has 4 N–H and O–H groups in total. The van der Waals surface area contributed by atoms with Crippen molar-refractivity contribution in [3.05, 3.63) is 6.20 Å². The van der Waals surface area contributed by atoms with Gasteiger partial charge in [0.1, 0.15) is 5.82 Å². The molecular formula is C14H24N6O. The van der Waals surface area contributed by atoms with Crippen LogP contribution in [0, 0.1) is 5.92 Å². The highest BCUT2D eigenvalue weighted by Gasteiger charge is 2.16. The van der Waals surface area contributed by atoms with Crippen LogP contribution in [0.2, 0.25) is 0 Å². The van der Waals surface area contributed by atoms with Gasteiger partial charge >= 0.3 is 0 Å². The summed E-state index contributed by atoms with van der Waals surface area (Å²) >= 11 is 0. The van der Waals surface area contributed by atoms with Gasteiger partial charge in [-0.15, -0.1) is 0 Å². The van der Waals surface area contributed by atoms with E-state index >= 15 is 0 Å². The third-order valence-electron chi connectivity index (χ3n) is 3.72. The average Bonchev–Trinajstić information content (AvgIpc) is 2.95. The predicted octanol–water partition coefficient (Wildman–Crippen LogP) is 1.99. The zero-order chi connectivity index (χ0) is 15.2. The number of hydrogen-bond donors (Lipinski definition) is 4. The minimum Gasteiger partial charge on any atom is -0.391 e. The highest BCUT2D eigenvalue weighted by molar-refractivity contribution is 5.86. The summed E-state index contributed by atoms with van der Waals surface area (Å²) in [4.78, 5) is 8.78. The second kappa shape index (κ2) is 7.21. The van der Waals surface area contributed by atoms with Crippen LogP contribution >= 0.6 is 0 Å². The van der Waals surface area contributed by atoms with Gasteiger partial charge in [-0.25, -0.2) is 0 Å². The Kier molecular flexibility index (Phi) is 5.32. The lowest BCUT2D eigenvalue weighted by Gasteiger charge is -2.20. The second-order valence-electron chi connectivity index (χ2n) is 5.08. The molecule has 7 heteroatoms. The van der Waals surface area contributed by atoms with Gasteiger partial charge in [-0.2, -0.15) is 15.1 Å². The lowest BCUT2D eigenvalue weighted by atomic mass is 9.96. The third kappa shape index (κ3) is 3.60. The fraction of sp³-hybridized carbons (Fsp3) is 0.643. The third-order valence-corrected chi connectivity index (χ3v) is 3.72. The molecule has 2 rings (SSSR count). The van der Waals surface area contributed by atoms with Crippen LogP contribution in [0.1, 0.15) is 33.6 Å². The van der Waals surface area contributed by atoms with E-state index in [9.17, 15) is 5.11 Å². The summed E-state index contributed by atoms with van der Waals surface area (Å²) in [7, 11) is 0. The first-order chi connectivity index (χ1) is 10.2. The fourth-order valence-electron chi connectivity index (χ4n) is 2.41. The summed E-state index contributed by atoms with van der Waals surface area (Å²) < 4.78 is 0. The second-order valence-corrected chi connectivity index (χ2v) is 5.08. The van der Waals surface area contributed by atoms with E-state index in [0.717, 1.165) is 24.8 Å². The molecule has 7 nitrogen and oxygen atoms in total. The van der Waals surface area contributed by atoms with E-state index in [1.54, 1.807) is 6.20 Å². The van der Waals surface area contributed by atoms with Crippen molar-refractivity contribution in [2.45, 2.75) is 39.7 Å². The van der Waals surface area contributed by atoms with E-state index in [1.165, 1.54) is 0 Å². The molecule has 0 spiro atoms. The Morgan fingerprint density at radius 2 is 1.95 bits per heavy atom. The summed E-state index contributed by atoms with van der Waals surface area (Å²) in [5.74, 6) is 1.54. The molecule has 0 aliphatic rings. The van der Waals surface area contributed by atoms with Crippen molar-refractivity contribution in [3.8, 4) is 0 Å². The number of hydrogen-bond acceptors (Lipinski definition) is 6. The molecule has 0 saturated carbocycles. The van der Waals surface area contributed by atoms with Crippen molar-refractivity contribution < 1.29 is 5.11 Å². The van der Waals surface area contributed by atoms with Gasteiger partial charge in [-0.1, -0.05) is 26.7 Å². The smallest absolute Gasteiger partial charge is 0.226 e. The molecule has 1 atom stereocenters. The molecular weight excluding hydrogens is 268 g/mol. The molecule has 0 aromatic carbocycles. The van der Waals surface area contributed by atoms with E-state index in [0.29, 0.717) is 29.9 Å². The van der Waals surface area contributed by atoms with Crippen LogP contribution in [0.3, 0.4) is 0 Å². The largest absolute Gasteiger partial charge is 0.391 e. The van der Waals surface area contributed by atoms with Crippen molar-refractivity contribution in [1.29, 1.82) is 0 Å². The standard InChI is InChI=1S/C14H24N6O/c1-4-9(5-2)11(21)8-16-12-10-7-17-20-13(10)19-14(18-12)15-6-3/h7,9,11,21H,4-6,8H2,1-3H3,(H3,15,16,17,18,19,20). The zero-order valence-electron chi connectivity index (χ0n) is 12.8. The van der Waals surface area contributed by atoms with Crippen molar-refractivity contribution in [2.75, 3.05) is 23.7 Å². The Bertz CT molecular complexity index is 566. The maximum atomic E-state index is 10.2. The summed E-state index contributed by atoms with van der Waals surface area (Å²) in [6.45, 7) is 7.40. The number of H-pyrrole nitrogens is 1. The van der Waals surface area contributed by atoms with Gasteiger partial charge in [0.2, 0.25) is 5.95 Å². The molecule has 2 heterocycles. The van der Waals surface area contributed by atoms with Gasteiger partial charge in [0.25, 0.3) is 0 Å². The summed E-state index contributed by atoms with van der Waals surface area (Å²) in [5, 5.41) is 24.2. The lowest BCUT2D eigenvalue weighted by Crippen LogP contribution is -2.28. The summed E-state index contributed by atoms with van der Waals surface area (Å²) in [6, 6.07) is 0. The highest BCUT2D eigenvalue weighted by atomic mass is 16.3. The minimum atomic E-state index is -0.389. The number of nitrogens with zero attached hydrogens (tertiary/aromatic N) is 3. The predicted molar refractivity (Wildman–Crippen MR) is 84.4 cm³/mol. The van der Waals surface area contributed by atoms with Crippen LogP contribution in [0.25, 0.3) is 11.0 Å². The van der Waals surface area contributed by atoms with Gasteiger partial charge in [0, 0.05) is 13.1 Å². The molecule has 0 radical (unpaired) electrons. The number of nitrogens with one attached hydrogen (secondary N) is 3. The number of aliphatic hydroxyl groups excluding tert-OH is 1. The molecule has 2 aromatic heterocycles. The quantitative estimate of drug-likeness (QED) is 0.594. The Morgan fingerprint density at radius 3 is 2.62 bits per heavy atom. The van der Waals surface area contributed by atoms with E-state index < -0.39 is 0 Å². The SMILES string of the molecule is CCNc1nc(NCC(O)C(CC)CC)c2cn[nH]c2n1. The number of aliphatic hydroxyl groups is 1. The molecule has 0 fully saturated rings. The van der Waals surface area contributed by atoms with Gasteiger partial charge < -0.3 is 15.7 Å². The molecule has 0 saturated heterocycles. The maximum absolute atomic E-state index is 10.2. The lowest BCUT2D eigenvalue weighted by molar-refractivity contribution is 0.114. The minimum absolute atomic E-state index is 0.299.